The molecule has 0 aliphatic carbocycles. The summed E-state index contributed by atoms with van der Waals surface area (Å²) in [4.78, 5) is 7.47. The smallest absolute Gasteiger partial charge is 0.169 e. The van der Waals surface area contributed by atoms with Gasteiger partial charge < -0.3 is 13.9 Å². The molecule has 3 aromatic rings. The summed E-state index contributed by atoms with van der Waals surface area (Å²) >= 11 is 0. The van der Waals surface area contributed by atoms with E-state index in [1.54, 1.807) is 0 Å². The molecular weight excluding hydrogens is 292 g/mol. The highest BCUT2D eigenvalue weighted by Crippen LogP contribution is 2.27. The van der Waals surface area contributed by atoms with Crippen molar-refractivity contribution in [3.63, 3.8) is 0 Å². The number of fused-ring (bicyclic) bond motifs is 3. The first kappa shape index (κ1) is 15.1. The van der Waals surface area contributed by atoms with Crippen LogP contribution in [0.2, 0.25) is 0 Å². The van der Waals surface area contributed by atoms with Crippen molar-refractivity contribution in [3.8, 4) is 0 Å². The molecule has 0 saturated carbocycles. The number of nitrogens with zero attached hydrogens (tertiary/aromatic N) is 2. The van der Waals surface area contributed by atoms with Crippen LogP contribution in [0.4, 0.5) is 0 Å². The fourth-order valence-electron chi connectivity index (χ4n) is 2.20. The van der Waals surface area contributed by atoms with E-state index in [2.05, 4.69) is 31.6 Å². The van der Waals surface area contributed by atoms with Gasteiger partial charge in [-0.15, -0.1) is 0 Å². The zero-order chi connectivity index (χ0) is 15.7. The lowest BCUT2D eigenvalue weighted by molar-refractivity contribution is 0.361. The molecule has 118 valence electrons. The normalized spacial score (nSPS) is 14.6. The third-order valence-electron chi connectivity index (χ3n) is 3.26. The van der Waals surface area contributed by atoms with Crippen LogP contribution in [0.3, 0.4) is 0 Å². The third-order valence-corrected chi connectivity index (χ3v) is 3.26. The largest absolute Gasteiger partial charge is 0.482 e. The predicted molar refractivity (Wildman–Crippen MR) is 92.3 cm³/mol. The molecule has 0 bridgehead atoms. The van der Waals surface area contributed by atoms with Gasteiger partial charge >= 0.3 is 0 Å². The molecule has 0 atom stereocenters. The molecule has 0 unspecified atom stereocenters. The van der Waals surface area contributed by atoms with Crippen molar-refractivity contribution in [1.82, 2.24) is 0 Å². The molecule has 0 amide bonds. The lowest BCUT2D eigenvalue weighted by atomic mass is 10.2. The highest BCUT2D eigenvalue weighted by Gasteiger charge is 2.03. The summed E-state index contributed by atoms with van der Waals surface area (Å²) in [5.41, 5.74) is 1.92. The van der Waals surface area contributed by atoms with Crippen LogP contribution >= 0.6 is 0 Å². The van der Waals surface area contributed by atoms with Gasteiger partial charge in [-0.05, 0) is 12.1 Å². The van der Waals surface area contributed by atoms with Crippen LogP contribution in [0.5, 0.6) is 0 Å². The standard InChI is InChI=1S/C12H8O.2C3H5NO/c1-3-7-11-9(5-1)10-6-2-4-8-12(10)13-11;2*1-2-5-3-4-1/h1-8H;2*3H,1-2H2. The van der Waals surface area contributed by atoms with Crippen molar-refractivity contribution in [2.75, 3.05) is 26.3 Å². The lowest BCUT2D eigenvalue weighted by Crippen LogP contribution is -1.80. The number of rotatable bonds is 0. The molecular formula is C18H18N2O3. The van der Waals surface area contributed by atoms with Crippen LogP contribution in [0, 0.1) is 0 Å². The first-order valence-corrected chi connectivity index (χ1v) is 7.51. The van der Waals surface area contributed by atoms with Crippen LogP contribution in [0.15, 0.2) is 62.9 Å². The van der Waals surface area contributed by atoms with Gasteiger partial charge in [-0.3, -0.25) is 9.98 Å². The zero-order valence-electron chi connectivity index (χ0n) is 12.7. The van der Waals surface area contributed by atoms with Gasteiger partial charge in [0.1, 0.15) is 24.4 Å². The summed E-state index contributed by atoms with van der Waals surface area (Å²) in [7, 11) is 0. The summed E-state index contributed by atoms with van der Waals surface area (Å²) in [5, 5.41) is 2.39. The average molecular weight is 310 g/mol. The molecule has 5 heteroatoms. The number of aliphatic imine (C=N–C) groups is 2. The molecule has 2 aromatic carbocycles. The second-order valence-corrected chi connectivity index (χ2v) is 4.86. The Morgan fingerprint density at radius 2 is 1.13 bits per heavy atom. The fraction of sp³-hybridized carbons (Fsp3) is 0.222. The van der Waals surface area contributed by atoms with Gasteiger partial charge in [-0.2, -0.15) is 0 Å². The highest BCUT2D eigenvalue weighted by molar-refractivity contribution is 6.04. The van der Waals surface area contributed by atoms with Crippen LogP contribution in [0.25, 0.3) is 21.9 Å². The van der Waals surface area contributed by atoms with Crippen LogP contribution in [-0.2, 0) is 9.47 Å². The van der Waals surface area contributed by atoms with Crippen molar-refractivity contribution in [3.05, 3.63) is 48.5 Å². The minimum Gasteiger partial charge on any atom is -0.482 e. The molecule has 0 radical (unpaired) electrons. The maximum Gasteiger partial charge on any atom is 0.169 e. The number of hydrogen-bond acceptors (Lipinski definition) is 5. The van der Waals surface area contributed by atoms with E-state index in [4.69, 9.17) is 4.42 Å². The van der Waals surface area contributed by atoms with Crippen LogP contribution in [0.1, 0.15) is 0 Å². The summed E-state index contributed by atoms with van der Waals surface area (Å²) in [5.74, 6) is 0. The van der Waals surface area contributed by atoms with Gasteiger partial charge in [-0.1, -0.05) is 36.4 Å². The molecule has 3 heterocycles. The highest BCUT2D eigenvalue weighted by atomic mass is 16.5. The van der Waals surface area contributed by atoms with E-state index in [9.17, 15) is 0 Å². The van der Waals surface area contributed by atoms with E-state index in [-0.39, 0.29) is 0 Å². The van der Waals surface area contributed by atoms with Gasteiger partial charge in [0.2, 0.25) is 0 Å². The van der Waals surface area contributed by atoms with Crippen molar-refractivity contribution < 1.29 is 13.9 Å². The lowest BCUT2D eigenvalue weighted by Gasteiger charge is -1.85. The molecule has 23 heavy (non-hydrogen) atoms. The Kier molecular flexibility index (Phi) is 5.24. The van der Waals surface area contributed by atoms with Crippen LogP contribution < -0.4 is 0 Å². The Balaban J connectivity index is 0.000000128. The molecule has 2 aliphatic heterocycles. The van der Waals surface area contributed by atoms with Gasteiger partial charge in [0.15, 0.2) is 12.8 Å². The minimum atomic E-state index is 0.778. The predicted octanol–water partition coefficient (Wildman–Crippen LogP) is 3.68. The topological polar surface area (TPSA) is 56.3 Å². The van der Waals surface area contributed by atoms with Gasteiger partial charge in [0.05, 0.1) is 13.1 Å². The first-order valence-electron chi connectivity index (χ1n) is 7.51. The molecule has 0 N–H and O–H groups in total. The summed E-state index contributed by atoms with van der Waals surface area (Å²) in [6.07, 6.45) is 2.97. The van der Waals surface area contributed by atoms with Gasteiger partial charge in [0, 0.05) is 10.8 Å². The van der Waals surface area contributed by atoms with E-state index >= 15 is 0 Å². The van der Waals surface area contributed by atoms with E-state index in [0.717, 1.165) is 37.5 Å². The molecule has 0 saturated heterocycles. The Morgan fingerprint density at radius 3 is 1.48 bits per heavy atom. The maximum absolute atomic E-state index is 5.65. The Labute approximate surface area is 134 Å². The molecule has 5 nitrogen and oxygen atoms in total. The monoisotopic (exact) mass is 310 g/mol. The third kappa shape index (κ3) is 4.10. The number of furan rings is 1. The number of benzene rings is 2. The number of para-hydroxylation sites is 2. The Hall–Kier alpha value is -2.82. The maximum atomic E-state index is 5.65. The molecule has 0 spiro atoms. The van der Waals surface area contributed by atoms with E-state index < -0.39 is 0 Å². The molecule has 5 rings (SSSR count). The molecule has 2 aliphatic rings. The fourth-order valence-corrected chi connectivity index (χ4v) is 2.20. The number of hydrogen-bond donors (Lipinski definition) is 0. The second-order valence-electron chi connectivity index (χ2n) is 4.86. The first-order chi connectivity index (χ1) is 11.4. The average Bonchev–Trinajstić information content (AvgIpc) is 3.38. The quantitative estimate of drug-likeness (QED) is 0.636. The van der Waals surface area contributed by atoms with Crippen molar-refractivity contribution in [1.29, 1.82) is 0 Å². The van der Waals surface area contributed by atoms with Gasteiger partial charge in [-0.25, -0.2) is 0 Å². The minimum absolute atomic E-state index is 0.778. The summed E-state index contributed by atoms with van der Waals surface area (Å²) < 4.78 is 15.0. The van der Waals surface area contributed by atoms with Crippen molar-refractivity contribution in [2.45, 2.75) is 0 Å². The number of ether oxygens (including phenoxy) is 2. The zero-order valence-corrected chi connectivity index (χ0v) is 12.7. The van der Waals surface area contributed by atoms with E-state index in [1.165, 1.54) is 23.6 Å². The Morgan fingerprint density at radius 1 is 0.652 bits per heavy atom. The van der Waals surface area contributed by atoms with E-state index in [0.29, 0.717) is 0 Å². The second kappa shape index (κ2) is 7.98. The Bertz CT molecular complexity index is 730. The summed E-state index contributed by atoms with van der Waals surface area (Å²) in [6, 6.07) is 16.2. The summed E-state index contributed by atoms with van der Waals surface area (Å²) in [6.45, 7) is 3.25. The van der Waals surface area contributed by atoms with Crippen LogP contribution in [-0.4, -0.2) is 39.1 Å². The van der Waals surface area contributed by atoms with Crippen molar-refractivity contribution in [2.24, 2.45) is 9.98 Å². The van der Waals surface area contributed by atoms with Gasteiger partial charge in [0.25, 0.3) is 0 Å². The molecule has 1 aromatic heterocycles. The van der Waals surface area contributed by atoms with Crippen molar-refractivity contribution >= 4 is 34.7 Å². The molecule has 0 fully saturated rings. The van der Waals surface area contributed by atoms with E-state index in [1.807, 2.05) is 36.4 Å². The SMILES string of the molecule is C1=NCCO1.C1=NCCO1.c1ccc2c(c1)oc1ccccc12.